The van der Waals surface area contributed by atoms with Crippen LogP contribution >= 0.6 is 0 Å². The minimum absolute atomic E-state index is 0.112. The van der Waals surface area contributed by atoms with Crippen molar-refractivity contribution in [2.24, 2.45) is 5.73 Å². The predicted octanol–water partition coefficient (Wildman–Crippen LogP) is 1.15. The molecular weight excluding hydrogens is 268 g/mol. The lowest BCUT2D eigenvalue weighted by Crippen LogP contribution is -2.28. The fraction of sp³-hybridized carbons (Fsp3) is 0.467. The molecule has 0 aliphatic heterocycles. The molecule has 1 fully saturated rings. The number of aliphatic hydroxyl groups excluding tert-OH is 1. The van der Waals surface area contributed by atoms with E-state index < -0.39 is 6.10 Å². The average molecular weight is 288 g/mol. The SMILES string of the molecule is COc1ccccc1-n1nc(C)nc1[C@H]1C[C@@H](N)[C@H](O)C1. The van der Waals surface area contributed by atoms with Crippen LogP contribution in [-0.4, -0.2) is 39.1 Å². The van der Waals surface area contributed by atoms with Gasteiger partial charge in [0.1, 0.15) is 23.1 Å². The molecule has 2 aromatic rings. The van der Waals surface area contributed by atoms with Crippen molar-refractivity contribution in [3.8, 4) is 11.4 Å². The standard InChI is InChI=1S/C15H20N4O2/c1-9-17-15(10-7-11(16)13(20)8-10)19(18-9)12-5-3-4-6-14(12)21-2/h3-6,10-11,13,20H,7-8,16H2,1-2H3/t10-,11+,13+/m0/s1. The Balaban J connectivity index is 2.04. The summed E-state index contributed by atoms with van der Waals surface area (Å²) >= 11 is 0. The Hall–Kier alpha value is -1.92. The molecule has 3 atom stereocenters. The summed E-state index contributed by atoms with van der Waals surface area (Å²) in [7, 11) is 1.64. The topological polar surface area (TPSA) is 86.2 Å². The molecule has 1 aromatic carbocycles. The second-order valence-electron chi connectivity index (χ2n) is 5.50. The third kappa shape index (κ3) is 2.52. The van der Waals surface area contributed by atoms with Crippen molar-refractivity contribution >= 4 is 0 Å². The zero-order chi connectivity index (χ0) is 15.0. The highest BCUT2D eigenvalue weighted by Crippen LogP contribution is 2.35. The number of benzene rings is 1. The van der Waals surface area contributed by atoms with Crippen molar-refractivity contribution in [1.29, 1.82) is 0 Å². The summed E-state index contributed by atoms with van der Waals surface area (Å²) in [5.41, 5.74) is 6.78. The molecule has 0 bridgehead atoms. The van der Waals surface area contributed by atoms with Gasteiger partial charge in [0.05, 0.1) is 13.2 Å². The van der Waals surface area contributed by atoms with Crippen LogP contribution < -0.4 is 10.5 Å². The van der Waals surface area contributed by atoms with Crippen LogP contribution in [0.5, 0.6) is 5.75 Å². The minimum Gasteiger partial charge on any atom is -0.494 e. The lowest BCUT2D eigenvalue weighted by atomic mass is 10.1. The minimum atomic E-state index is -0.474. The largest absolute Gasteiger partial charge is 0.494 e. The molecule has 6 heteroatoms. The molecule has 1 aliphatic rings. The number of nitrogens with two attached hydrogens (primary N) is 1. The Morgan fingerprint density at radius 1 is 1.33 bits per heavy atom. The molecule has 112 valence electrons. The number of rotatable bonds is 3. The molecule has 0 spiro atoms. The van der Waals surface area contributed by atoms with Crippen LogP contribution in [0.15, 0.2) is 24.3 Å². The number of aromatic nitrogens is 3. The molecular formula is C15H20N4O2. The van der Waals surface area contributed by atoms with E-state index in [1.807, 2.05) is 35.9 Å². The predicted molar refractivity (Wildman–Crippen MR) is 78.6 cm³/mol. The van der Waals surface area contributed by atoms with Gasteiger partial charge in [-0.1, -0.05) is 12.1 Å². The summed E-state index contributed by atoms with van der Waals surface area (Å²) in [5.74, 6) is 2.39. The molecule has 3 rings (SSSR count). The first-order valence-corrected chi connectivity index (χ1v) is 7.10. The first kappa shape index (κ1) is 14.0. The van der Waals surface area contributed by atoms with Gasteiger partial charge in [-0.25, -0.2) is 9.67 Å². The van der Waals surface area contributed by atoms with Crippen LogP contribution in [0.4, 0.5) is 0 Å². The van der Waals surface area contributed by atoms with Gasteiger partial charge in [0.15, 0.2) is 0 Å². The lowest BCUT2D eigenvalue weighted by Gasteiger charge is -2.13. The van der Waals surface area contributed by atoms with Gasteiger partial charge in [-0.2, -0.15) is 5.10 Å². The summed E-state index contributed by atoms with van der Waals surface area (Å²) < 4.78 is 7.22. The lowest BCUT2D eigenvalue weighted by molar-refractivity contribution is 0.163. The molecule has 21 heavy (non-hydrogen) atoms. The average Bonchev–Trinajstić information content (AvgIpc) is 3.02. The third-order valence-electron chi connectivity index (χ3n) is 3.99. The van der Waals surface area contributed by atoms with Crippen molar-refractivity contribution in [2.75, 3.05) is 7.11 Å². The van der Waals surface area contributed by atoms with Crippen LogP contribution in [-0.2, 0) is 0 Å². The molecule has 0 radical (unpaired) electrons. The van der Waals surface area contributed by atoms with E-state index in [2.05, 4.69) is 10.1 Å². The van der Waals surface area contributed by atoms with Crippen molar-refractivity contribution in [1.82, 2.24) is 14.8 Å². The van der Waals surface area contributed by atoms with E-state index in [1.54, 1.807) is 7.11 Å². The second-order valence-corrected chi connectivity index (χ2v) is 5.50. The van der Waals surface area contributed by atoms with E-state index in [0.717, 1.165) is 17.3 Å². The van der Waals surface area contributed by atoms with Gasteiger partial charge < -0.3 is 15.6 Å². The quantitative estimate of drug-likeness (QED) is 0.885. The van der Waals surface area contributed by atoms with Gasteiger partial charge in [-0.15, -0.1) is 0 Å². The Morgan fingerprint density at radius 3 is 2.76 bits per heavy atom. The van der Waals surface area contributed by atoms with Crippen LogP contribution in [0.2, 0.25) is 0 Å². The van der Waals surface area contributed by atoms with E-state index in [9.17, 15) is 5.11 Å². The summed E-state index contributed by atoms with van der Waals surface area (Å²) in [6.07, 6.45) is 0.862. The zero-order valence-corrected chi connectivity index (χ0v) is 12.2. The molecule has 0 amide bonds. The number of aryl methyl sites for hydroxylation is 1. The van der Waals surface area contributed by atoms with Crippen LogP contribution in [0, 0.1) is 6.92 Å². The van der Waals surface area contributed by atoms with Crippen LogP contribution in [0.3, 0.4) is 0 Å². The molecule has 1 aliphatic carbocycles. The maximum Gasteiger partial charge on any atom is 0.148 e. The number of nitrogens with zero attached hydrogens (tertiary/aromatic N) is 3. The molecule has 3 N–H and O–H groups in total. The van der Waals surface area contributed by atoms with E-state index in [-0.39, 0.29) is 12.0 Å². The van der Waals surface area contributed by atoms with Gasteiger partial charge in [-0.3, -0.25) is 0 Å². The maximum absolute atomic E-state index is 9.89. The first-order valence-electron chi connectivity index (χ1n) is 7.10. The van der Waals surface area contributed by atoms with Gasteiger partial charge in [-0.05, 0) is 31.9 Å². The fourth-order valence-electron chi connectivity index (χ4n) is 2.94. The molecule has 0 unspecified atom stereocenters. The van der Waals surface area contributed by atoms with E-state index in [1.165, 1.54) is 0 Å². The molecule has 0 saturated heterocycles. The van der Waals surface area contributed by atoms with E-state index in [4.69, 9.17) is 10.5 Å². The van der Waals surface area contributed by atoms with Crippen molar-refractivity contribution in [3.05, 3.63) is 35.9 Å². The molecule has 1 saturated carbocycles. The Kier molecular flexibility index (Phi) is 3.65. The molecule has 1 heterocycles. The highest BCUT2D eigenvalue weighted by Gasteiger charge is 2.34. The first-order chi connectivity index (χ1) is 10.1. The number of methoxy groups -OCH3 is 1. The molecule has 6 nitrogen and oxygen atoms in total. The number of para-hydroxylation sites is 2. The number of hydrogen-bond donors (Lipinski definition) is 2. The van der Waals surface area contributed by atoms with Gasteiger partial charge in [0.25, 0.3) is 0 Å². The smallest absolute Gasteiger partial charge is 0.148 e. The van der Waals surface area contributed by atoms with Crippen molar-refractivity contribution in [3.63, 3.8) is 0 Å². The fourth-order valence-corrected chi connectivity index (χ4v) is 2.94. The van der Waals surface area contributed by atoms with Crippen molar-refractivity contribution < 1.29 is 9.84 Å². The number of ether oxygens (including phenoxy) is 1. The summed E-state index contributed by atoms with van der Waals surface area (Å²) in [5, 5.41) is 14.4. The number of hydrogen-bond acceptors (Lipinski definition) is 5. The highest BCUT2D eigenvalue weighted by atomic mass is 16.5. The van der Waals surface area contributed by atoms with E-state index >= 15 is 0 Å². The Labute approximate surface area is 123 Å². The summed E-state index contributed by atoms with van der Waals surface area (Å²) in [6.45, 7) is 1.86. The van der Waals surface area contributed by atoms with Gasteiger partial charge in [0.2, 0.25) is 0 Å². The van der Waals surface area contributed by atoms with Crippen LogP contribution in [0.1, 0.15) is 30.4 Å². The monoisotopic (exact) mass is 288 g/mol. The van der Waals surface area contributed by atoms with E-state index in [0.29, 0.717) is 18.7 Å². The normalized spacial score (nSPS) is 25.2. The third-order valence-corrected chi connectivity index (χ3v) is 3.99. The Morgan fingerprint density at radius 2 is 2.10 bits per heavy atom. The summed E-state index contributed by atoms with van der Waals surface area (Å²) in [6, 6.07) is 7.50. The maximum atomic E-state index is 9.89. The highest BCUT2D eigenvalue weighted by molar-refractivity contribution is 5.46. The zero-order valence-electron chi connectivity index (χ0n) is 12.2. The Bertz CT molecular complexity index is 630. The number of aliphatic hydroxyl groups is 1. The summed E-state index contributed by atoms with van der Waals surface area (Å²) in [4.78, 5) is 4.54. The van der Waals surface area contributed by atoms with Crippen LogP contribution in [0.25, 0.3) is 5.69 Å². The van der Waals surface area contributed by atoms with Gasteiger partial charge >= 0.3 is 0 Å². The van der Waals surface area contributed by atoms with Crippen molar-refractivity contribution in [2.45, 2.75) is 37.8 Å². The molecule has 1 aromatic heterocycles. The second kappa shape index (κ2) is 5.46. The van der Waals surface area contributed by atoms with Gasteiger partial charge in [0, 0.05) is 12.0 Å².